The summed E-state index contributed by atoms with van der Waals surface area (Å²) < 4.78 is 52.5. The highest BCUT2D eigenvalue weighted by molar-refractivity contribution is 6.92. The average Bonchev–Trinajstić information content (AvgIpc) is 2.70. The normalized spacial score (nSPS) is 15.6. The fraction of sp³-hybridized carbons (Fsp3) is 1.00. The second kappa shape index (κ2) is 17.8. The second-order valence-corrected chi connectivity index (χ2v) is 46.3. The van der Waals surface area contributed by atoms with Gasteiger partial charge in [-0.3, -0.25) is 0 Å². The molecule has 0 amide bonds. The Labute approximate surface area is 279 Å². The molecule has 0 fully saturated rings. The molecular formula is C26H70O10Si8. The molecular weight excluding hydrogens is 697 g/mol. The van der Waals surface area contributed by atoms with Gasteiger partial charge in [0.05, 0.1) is 13.2 Å². The summed E-state index contributed by atoms with van der Waals surface area (Å²) in [5, 5.41) is 18.4. The van der Waals surface area contributed by atoms with Crippen molar-refractivity contribution in [2.45, 2.75) is 149 Å². The van der Waals surface area contributed by atoms with Crippen molar-refractivity contribution in [3.05, 3.63) is 0 Å². The maximum absolute atomic E-state index is 9.44. The van der Waals surface area contributed by atoms with Gasteiger partial charge in [0.25, 0.3) is 0 Å². The molecule has 0 aliphatic carbocycles. The first kappa shape index (κ1) is 45.3. The molecule has 0 aliphatic heterocycles. The Morgan fingerprint density at radius 2 is 0.773 bits per heavy atom. The summed E-state index contributed by atoms with van der Waals surface area (Å²) in [6.45, 7) is 36.7. The number of rotatable bonds is 24. The SMILES string of the molecule is CCCC[Si](C)(C)O[Si](C)(C)O[Si](C)(C)O[Si](C)(C)O[Si](C)(C)O[Si](C)(C)O[Si](C)(C)O[Si](C)(C)CCCOCC(O)CO. The third-order valence-electron chi connectivity index (χ3n) is 6.22. The van der Waals surface area contributed by atoms with Crippen molar-refractivity contribution in [2.75, 3.05) is 19.8 Å². The third-order valence-corrected chi connectivity index (χ3v) is 37.4. The zero-order chi connectivity index (χ0) is 34.9. The molecule has 0 saturated carbocycles. The molecule has 0 aliphatic rings. The first-order valence-corrected chi connectivity index (χ1v) is 39.4. The van der Waals surface area contributed by atoms with Gasteiger partial charge in [-0.1, -0.05) is 19.8 Å². The van der Waals surface area contributed by atoms with E-state index in [0.29, 0.717) is 6.61 Å². The minimum absolute atomic E-state index is 0.145. The van der Waals surface area contributed by atoms with Crippen LogP contribution < -0.4 is 0 Å². The van der Waals surface area contributed by atoms with Gasteiger partial charge < -0.3 is 43.8 Å². The molecule has 0 bridgehead atoms. The highest BCUT2D eigenvalue weighted by Crippen LogP contribution is 2.30. The van der Waals surface area contributed by atoms with Gasteiger partial charge in [0.1, 0.15) is 6.10 Å². The molecule has 10 nitrogen and oxygen atoms in total. The first-order chi connectivity index (χ1) is 19.5. The van der Waals surface area contributed by atoms with Gasteiger partial charge in [-0.15, -0.1) is 0 Å². The van der Waals surface area contributed by atoms with Crippen LogP contribution in [0.3, 0.4) is 0 Å². The summed E-state index contributed by atoms with van der Waals surface area (Å²) >= 11 is 0. The van der Waals surface area contributed by atoms with Gasteiger partial charge in [-0.05, 0) is 123 Å². The molecule has 0 heterocycles. The van der Waals surface area contributed by atoms with Crippen molar-refractivity contribution in [2.24, 2.45) is 0 Å². The molecule has 0 spiro atoms. The standard InChI is InChI=1S/C26H70O10Si8/c1-18-19-22-37(2,3)30-39(6,7)32-41(10,11)34-43(14,15)36-44(16,17)35-42(12,13)33-40(8,9)31-38(4,5)23-20-21-29-25-26(28)24-27/h26-28H,18-25H2,1-17H3. The number of unbranched alkanes of at least 4 members (excludes halogenated alkanes) is 1. The van der Waals surface area contributed by atoms with E-state index in [0.717, 1.165) is 18.5 Å². The number of aliphatic hydroxyl groups is 2. The van der Waals surface area contributed by atoms with Crippen LogP contribution >= 0.6 is 0 Å². The average molecular weight is 768 g/mol. The van der Waals surface area contributed by atoms with Crippen molar-refractivity contribution in [1.82, 2.24) is 0 Å². The maximum atomic E-state index is 9.44. The van der Waals surface area contributed by atoms with E-state index in [9.17, 15) is 5.11 Å². The highest BCUT2D eigenvalue weighted by atomic mass is 28.5. The van der Waals surface area contributed by atoms with Crippen LogP contribution in [0.5, 0.6) is 0 Å². The molecule has 18 heteroatoms. The van der Waals surface area contributed by atoms with Gasteiger partial charge in [0.15, 0.2) is 16.6 Å². The number of hydrogen-bond donors (Lipinski definition) is 2. The lowest BCUT2D eigenvalue weighted by molar-refractivity contribution is 0.00638. The molecule has 0 aromatic heterocycles. The van der Waals surface area contributed by atoms with Crippen LogP contribution in [-0.2, 0) is 33.5 Å². The largest absolute Gasteiger partial charge is 0.436 e. The highest BCUT2D eigenvalue weighted by Gasteiger charge is 2.49. The number of ether oxygens (including phenoxy) is 1. The van der Waals surface area contributed by atoms with Gasteiger partial charge >= 0.3 is 51.4 Å². The van der Waals surface area contributed by atoms with E-state index in [2.05, 4.69) is 112 Å². The smallest absolute Gasteiger partial charge is 0.314 e. The van der Waals surface area contributed by atoms with E-state index in [-0.39, 0.29) is 13.2 Å². The molecule has 2 N–H and O–H groups in total. The Balaban J connectivity index is 5.19. The predicted octanol–water partition coefficient (Wildman–Crippen LogP) is 7.28. The molecule has 0 aromatic carbocycles. The lowest BCUT2D eigenvalue weighted by Gasteiger charge is -2.44. The summed E-state index contributed by atoms with van der Waals surface area (Å²) in [5.74, 6) is 0. The second-order valence-electron chi connectivity index (χ2n) is 15.8. The van der Waals surface area contributed by atoms with Gasteiger partial charge in [-0.2, -0.15) is 0 Å². The summed E-state index contributed by atoms with van der Waals surface area (Å²) in [7, 11) is -19.1. The molecule has 1 unspecified atom stereocenters. The van der Waals surface area contributed by atoms with Crippen LogP contribution in [0.4, 0.5) is 0 Å². The molecule has 1 atom stereocenters. The Bertz CT molecular complexity index is 842. The van der Waals surface area contributed by atoms with Gasteiger partial charge in [-0.25, -0.2) is 0 Å². The maximum Gasteiger partial charge on any atom is 0.314 e. The van der Waals surface area contributed by atoms with E-state index in [1.165, 1.54) is 12.8 Å². The van der Waals surface area contributed by atoms with Crippen molar-refractivity contribution >= 4 is 68.0 Å². The molecule has 44 heavy (non-hydrogen) atoms. The van der Waals surface area contributed by atoms with E-state index < -0.39 is 74.1 Å². The number of hydrogen-bond acceptors (Lipinski definition) is 10. The Morgan fingerprint density at radius 3 is 1.07 bits per heavy atom. The fourth-order valence-electron chi connectivity index (χ4n) is 5.99. The lowest BCUT2D eigenvalue weighted by Crippen LogP contribution is -2.61. The van der Waals surface area contributed by atoms with Gasteiger partial charge in [0.2, 0.25) is 0 Å². The Morgan fingerprint density at radius 1 is 0.477 bits per heavy atom. The minimum Gasteiger partial charge on any atom is -0.436 e. The van der Waals surface area contributed by atoms with E-state index >= 15 is 0 Å². The summed E-state index contributed by atoms with van der Waals surface area (Å²) in [4.78, 5) is 0. The molecule has 0 aromatic rings. The van der Waals surface area contributed by atoms with E-state index in [1.54, 1.807) is 0 Å². The summed E-state index contributed by atoms with van der Waals surface area (Å²) in [6, 6.07) is 2.06. The van der Waals surface area contributed by atoms with Crippen LogP contribution in [0.15, 0.2) is 0 Å². The van der Waals surface area contributed by atoms with Crippen molar-refractivity contribution < 1.29 is 43.8 Å². The van der Waals surface area contributed by atoms with Crippen molar-refractivity contribution in [3.63, 3.8) is 0 Å². The zero-order valence-electron chi connectivity index (χ0n) is 31.4. The zero-order valence-corrected chi connectivity index (χ0v) is 39.4. The van der Waals surface area contributed by atoms with Crippen LogP contribution in [-0.4, -0.2) is 104 Å². The summed E-state index contributed by atoms with van der Waals surface area (Å²) in [6.07, 6.45) is 2.38. The van der Waals surface area contributed by atoms with E-state index in [4.69, 9.17) is 38.6 Å². The first-order valence-electron chi connectivity index (χ1n) is 16.2. The van der Waals surface area contributed by atoms with Crippen LogP contribution in [0.1, 0.15) is 26.2 Å². The molecule has 266 valence electrons. The Hall–Kier alpha value is 1.34. The van der Waals surface area contributed by atoms with Crippen LogP contribution in [0.2, 0.25) is 117 Å². The Kier molecular flexibility index (Phi) is 18.4. The van der Waals surface area contributed by atoms with Crippen LogP contribution in [0.25, 0.3) is 0 Å². The monoisotopic (exact) mass is 766 g/mol. The van der Waals surface area contributed by atoms with Crippen LogP contribution in [0, 0.1) is 0 Å². The summed E-state index contributed by atoms with van der Waals surface area (Å²) in [5.41, 5.74) is 0. The van der Waals surface area contributed by atoms with Crippen molar-refractivity contribution in [3.8, 4) is 0 Å². The lowest BCUT2D eigenvalue weighted by atomic mass is 10.4. The van der Waals surface area contributed by atoms with E-state index in [1.807, 2.05) is 0 Å². The predicted molar refractivity (Wildman–Crippen MR) is 201 cm³/mol. The minimum atomic E-state index is -2.64. The topological polar surface area (TPSA) is 114 Å². The molecule has 0 saturated heterocycles. The quantitative estimate of drug-likeness (QED) is 0.0768. The number of aliphatic hydroxyl groups excluding tert-OH is 2. The third kappa shape index (κ3) is 22.1. The van der Waals surface area contributed by atoms with Gasteiger partial charge in [0, 0.05) is 6.61 Å². The molecule has 0 radical (unpaired) electrons. The van der Waals surface area contributed by atoms with Crippen molar-refractivity contribution in [1.29, 1.82) is 0 Å². The fourth-order valence-corrected chi connectivity index (χ4v) is 46.6. The molecule has 0 rings (SSSR count).